The molecule has 0 spiro atoms. The molecule has 0 bridgehead atoms. The Bertz CT molecular complexity index is 1910. The summed E-state index contributed by atoms with van der Waals surface area (Å²) in [6, 6.07) is 29.8. The van der Waals surface area contributed by atoms with E-state index in [-0.39, 0.29) is 25.5 Å². The van der Waals surface area contributed by atoms with E-state index in [0.29, 0.717) is 36.7 Å². The number of halogens is 3. The van der Waals surface area contributed by atoms with Crippen molar-refractivity contribution in [2.45, 2.75) is 38.3 Å². The summed E-state index contributed by atoms with van der Waals surface area (Å²) >= 11 is 0. The van der Waals surface area contributed by atoms with Gasteiger partial charge in [-0.15, -0.1) is 0 Å². The van der Waals surface area contributed by atoms with Crippen molar-refractivity contribution in [1.82, 2.24) is 19.7 Å². The van der Waals surface area contributed by atoms with Gasteiger partial charge in [0.2, 0.25) is 11.8 Å². The van der Waals surface area contributed by atoms with Gasteiger partial charge >= 0.3 is 6.18 Å². The molecule has 2 amide bonds. The van der Waals surface area contributed by atoms with Gasteiger partial charge in [0.25, 0.3) is 0 Å². The smallest absolute Gasteiger partial charge is 0.416 e. The van der Waals surface area contributed by atoms with Gasteiger partial charge in [0, 0.05) is 50.9 Å². The molecule has 0 aliphatic rings. The molecule has 8 nitrogen and oxygen atoms in total. The first-order chi connectivity index (χ1) is 25.0. The largest absolute Gasteiger partial charge is 0.462 e. The molecule has 3 aromatic carbocycles. The Morgan fingerprint density at radius 2 is 1.50 bits per heavy atom. The number of pyridine rings is 1. The normalized spacial score (nSPS) is 12.3. The molecule has 0 radical (unpaired) electrons. The molecule has 1 atom stereocenters. The van der Waals surface area contributed by atoms with Crippen LogP contribution in [0.2, 0.25) is 0 Å². The summed E-state index contributed by atoms with van der Waals surface area (Å²) in [5.41, 5.74) is 2.96. The van der Waals surface area contributed by atoms with Crippen molar-refractivity contribution < 1.29 is 32.3 Å². The molecule has 1 N–H and O–H groups in total. The highest BCUT2D eigenvalue weighted by atomic mass is 19.4. The minimum absolute atomic E-state index is 0.0986. The molecule has 270 valence electrons. The second-order valence-corrected chi connectivity index (χ2v) is 12.6. The van der Waals surface area contributed by atoms with Gasteiger partial charge in [-0.25, -0.2) is 0 Å². The zero-order valence-corrected chi connectivity index (χ0v) is 29.0. The summed E-state index contributed by atoms with van der Waals surface area (Å²) in [7, 11) is 3.60. The number of aromatic nitrogens is 1. The molecule has 5 rings (SSSR count). The highest BCUT2D eigenvalue weighted by Gasteiger charge is 2.32. The van der Waals surface area contributed by atoms with Crippen LogP contribution in [0, 0.1) is 0 Å². The molecule has 0 fully saturated rings. The third-order valence-electron chi connectivity index (χ3n) is 8.63. The zero-order valence-electron chi connectivity index (χ0n) is 29.0. The van der Waals surface area contributed by atoms with Gasteiger partial charge in [0.05, 0.1) is 17.8 Å². The van der Waals surface area contributed by atoms with Gasteiger partial charge in [0.1, 0.15) is 24.2 Å². The van der Waals surface area contributed by atoms with Gasteiger partial charge < -0.3 is 19.3 Å². The Balaban J connectivity index is 1.41. The van der Waals surface area contributed by atoms with E-state index in [9.17, 15) is 27.9 Å². The van der Waals surface area contributed by atoms with E-state index >= 15 is 0 Å². The van der Waals surface area contributed by atoms with E-state index in [1.54, 1.807) is 30.3 Å². The van der Waals surface area contributed by atoms with Gasteiger partial charge in [-0.05, 0) is 66.2 Å². The number of aliphatic hydroxyl groups is 1. The Morgan fingerprint density at radius 3 is 2.13 bits per heavy atom. The third kappa shape index (κ3) is 10.5. The van der Waals surface area contributed by atoms with Gasteiger partial charge in [-0.2, -0.15) is 13.2 Å². The van der Waals surface area contributed by atoms with Crippen molar-refractivity contribution >= 4 is 17.9 Å². The van der Waals surface area contributed by atoms with E-state index in [1.165, 1.54) is 29.2 Å². The number of benzene rings is 3. The van der Waals surface area contributed by atoms with Crippen molar-refractivity contribution in [3.63, 3.8) is 0 Å². The molecule has 52 heavy (non-hydrogen) atoms. The molecule has 11 heteroatoms. The van der Waals surface area contributed by atoms with Crippen LogP contribution in [0.4, 0.5) is 13.2 Å². The van der Waals surface area contributed by atoms with E-state index in [4.69, 9.17) is 4.42 Å². The maximum absolute atomic E-state index is 14.4. The van der Waals surface area contributed by atoms with Crippen LogP contribution in [0.15, 0.2) is 126 Å². The summed E-state index contributed by atoms with van der Waals surface area (Å²) in [4.78, 5) is 38.0. The Labute approximate surface area is 301 Å². The molecular formula is C41H41F3N4O4. The van der Waals surface area contributed by atoms with Crippen LogP contribution in [0.25, 0.3) is 17.3 Å². The minimum atomic E-state index is -4.48. The number of hydrogen-bond donors (Lipinski definition) is 1. The average molecular weight is 711 g/mol. The number of carbonyl (C=O) groups is 2. The van der Waals surface area contributed by atoms with Crippen molar-refractivity contribution in [1.29, 1.82) is 0 Å². The first kappa shape index (κ1) is 37.7. The standard InChI is InChI=1S/C41H41F3N4O4/c1-46(28-35-20-21-36(29-49)52-35)24-25-47(2)40(51)38(26-31-8-4-3-5-9-31)48(27-32-11-16-33(17-12-32)37-10-6-7-23-45-37)39(50)22-15-30-13-18-34(19-14-30)41(42,43)44/h3-23,38,49H,24-29H2,1-2H3/t38-/m0/s1. The molecule has 2 aromatic heterocycles. The lowest BCUT2D eigenvalue weighted by atomic mass is 10.0. The number of hydrogen-bond acceptors (Lipinski definition) is 6. The summed E-state index contributed by atoms with van der Waals surface area (Å²) in [6.45, 7) is 1.25. The van der Waals surface area contributed by atoms with E-state index < -0.39 is 23.7 Å². The van der Waals surface area contributed by atoms with Crippen molar-refractivity contribution in [2.75, 3.05) is 27.2 Å². The molecule has 0 saturated carbocycles. The van der Waals surface area contributed by atoms with E-state index in [0.717, 1.165) is 34.5 Å². The molecule has 2 heterocycles. The molecule has 0 aliphatic carbocycles. The highest BCUT2D eigenvalue weighted by Crippen LogP contribution is 2.29. The number of amides is 2. The van der Waals surface area contributed by atoms with Gasteiger partial charge in [-0.1, -0.05) is 72.8 Å². The maximum atomic E-state index is 14.4. The second kappa shape index (κ2) is 17.6. The molecule has 0 saturated heterocycles. The van der Waals surface area contributed by atoms with E-state index in [1.807, 2.05) is 84.7 Å². The summed E-state index contributed by atoms with van der Waals surface area (Å²) in [5.74, 6) is 0.432. The lowest BCUT2D eigenvalue weighted by Gasteiger charge is -2.34. The maximum Gasteiger partial charge on any atom is 0.416 e. The van der Waals surface area contributed by atoms with Crippen LogP contribution in [0.3, 0.4) is 0 Å². The molecule has 0 aliphatic heterocycles. The number of rotatable bonds is 15. The third-order valence-corrected chi connectivity index (χ3v) is 8.63. The van der Waals surface area contributed by atoms with Crippen LogP contribution in [0.1, 0.15) is 33.8 Å². The van der Waals surface area contributed by atoms with Crippen LogP contribution >= 0.6 is 0 Å². The Kier molecular flexibility index (Phi) is 12.8. The van der Waals surface area contributed by atoms with Crippen LogP contribution < -0.4 is 0 Å². The fourth-order valence-electron chi connectivity index (χ4n) is 5.69. The monoisotopic (exact) mass is 710 g/mol. The van der Waals surface area contributed by atoms with Crippen LogP contribution in [-0.4, -0.2) is 69.8 Å². The number of nitrogens with zero attached hydrogens (tertiary/aromatic N) is 4. The molecule has 5 aromatic rings. The summed E-state index contributed by atoms with van der Waals surface area (Å²) in [6.07, 6.45) is 0.231. The lowest BCUT2D eigenvalue weighted by Crippen LogP contribution is -2.51. The minimum Gasteiger partial charge on any atom is -0.462 e. The Morgan fingerprint density at radius 1 is 0.808 bits per heavy atom. The van der Waals surface area contributed by atoms with Crippen LogP contribution in [-0.2, 0) is 41.9 Å². The highest BCUT2D eigenvalue weighted by molar-refractivity contribution is 5.95. The van der Waals surface area contributed by atoms with Crippen LogP contribution in [0.5, 0.6) is 0 Å². The number of likely N-dealkylation sites (N-methyl/N-ethyl adjacent to an activating group) is 2. The lowest BCUT2D eigenvalue weighted by molar-refractivity contribution is -0.143. The average Bonchev–Trinajstić information content (AvgIpc) is 3.62. The first-order valence-corrected chi connectivity index (χ1v) is 16.8. The van der Waals surface area contributed by atoms with Crippen molar-refractivity contribution in [3.8, 4) is 11.3 Å². The first-order valence-electron chi connectivity index (χ1n) is 16.8. The Hall–Kier alpha value is -5.52. The SMILES string of the molecule is CN(CCN(C)C(=O)[C@H](Cc1ccccc1)N(Cc1ccc(-c2ccccn2)cc1)C(=O)C=Cc1ccc(C(F)(F)F)cc1)Cc1ccc(CO)o1. The molecule has 0 unspecified atom stereocenters. The quantitative estimate of drug-likeness (QED) is 0.117. The van der Waals surface area contributed by atoms with E-state index in [2.05, 4.69) is 4.98 Å². The molecular weight excluding hydrogens is 669 g/mol. The summed E-state index contributed by atoms with van der Waals surface area (Å²) < 4.78 is 45.1. The number of carbonyl (C=O) groups excluding carboxylic acids is 2. The number of alkyl halides is 3. The topological polar surface area (TPSA) is 90.1 Å². The van der Waals surface area contributed by atoms with Crippen molar-refractivity contribution in [3.05, 3.63) is 155 Å². The van der Waals surface area contributed by atoms with Crippen molar-refractivity contribution in [2.24, 2.45) is 0 Å². The van der Waals surface area contributed by atoms with Gasteiger partial charge in [0.15, 0.2) is 0 Å². The summed E-state index contributed by atoms with van der Waals surface area (Å²) in [5, 5.41) is 9.32. The second-order valence-electron chi connectivity index (χ2n) is 12.6. The fraction of sp³-hybridized carbons (Fsp3) is 0.244. The predicted molar refractivity (Wildman–Crippen MR) is 193 cm³/mol. The number of furan rings is 1. The zero-order chi connectivity index (χ0) is 37.1. The predicted octanol–water partition coefficient (Wildman–Crippen LogP) is 7.10. The van der Waals surface area contributed by atoms with Gasteiger partial charge in [-0.3, -0.25) is 19.5 Å². The number of aliphatic hydroxyl groups excluding tert-OH is 1. The fourth-order valence-corrected chi connectivity index (χ4v) is 5.69.